The van der Waals surface area contributed by atoms with Gasteiger partial charge in [0.1, 0.15) is 6.04 Å². The molecule has 0 fully saturated rings. The molecule has 1 aromatic rings. The third-order valence-corrected chi connectivity index (χ3v) is 3.16. The largest absolute Gasteiger partial charge is 0.480 e. The Bertz CT molecular complexity index is 394. The van der Waals surface area contributed by atoms with Crippen LogP contribution >= 0.6 is 11.8 Å². The molecule has 2 N–H and O–H groups in total. The van der Waals surface area contributed by atoms with Gasteiger partial charge in [0.15, 0.2) is 5.78 Å². The number of ketones is 1. The van der Waals surface area contributed by atoms with Crippen LogP contribution in [0.5, 0.6) is 0 Å². The van der Waals surface area contributed by atoms with E-state index >= 15 is 0 Å². The van der Waals surface area contributed by atoms with Crippen molar-refractivity contribution < 1.29 is 14.7 Å². The second kappa shape index (κ2) is 7.89. The van der Waals surface area contributed by atoms with Crippen molar-refractivity contribution in [1.82, 2.24) is 5.32 Å². The molecule has 0 saturated carbocycles. The van der Waals surface area contributed by atoms with Crippen molar-refractivity contribution >= 4 is 23.5 Å². The summed E-state index contributed by atoms with van der Waals surface area (Å²) in [5.41, 5.74) is 0.596. The Morgan fingerprint density at radius 3 is 2.56 bits per heavy atom. The lowest BCUT2D eigenvalue weighted by molar-refractivity contribution is -0.139. The Morgan fingerprint density at radius 2 is 2.00 bits per heavy atom. The predicted molar refractivity (Wildman–Crippen MR) is 73.2 cm³/mol. The molecule has 0 radical (unpaired) electrons. The molecular formula is C13H17NO3S. The van der Waals surface area contributed by atoms with Crippen LogP contribution in [0.25, 0.3) is 0 Å². The number of aliphatic carboxylic acids is 1. The summed E-state index contributed by atoms with van der Waals surface area (Å²) in [5, 5.41) is 11.8. The average Bonchev–Trinajstić information content (AvgIpc) is 2.39. The number of nitrogens with one attached hydrogen (secondary N) is 1. The van der Waals surface area contributed by atoms with Crippen molar-refractivity contribution in [3.05, 3.63) is 35.9 Å². The summed E-state index contributed by atoms with van der Waals surface area (Å²) in [4.78, 5) is 22.8. The molecule has 1 aromatic carbocycles. The zero-order valence-electron chi connectivity index (χ0n) is 10.3. The first-order valence-electron chi connectivity index (χ1n) is 5.68. The maximum Gasteiger partial charge on any atom is 0.320 e. The maximum atomic E-state index is 11.8. The van der Waals surface area contributed by atoms with Crippen LogP contribution in [0.4, 0.5) is 0 Å². The molecule has 1 atom stereocenters. The lowest BCUT2D eigenvalue weighted by Crippen LogP contribution is -2.40. The molecule has 18 heavy (non-hydrogen) atoms. The molecule has 0 bridgehead atoms. The molecule has 1 rings (SSSR count). The number of hydrogen-bond acceptors (Lipinski definition) is 4. The zero-order valence-corrected chi connectivity index (χ0v) is 11.1. The van der Waals surface area contributed by atoms with Gasteiger partial charge in [-0.3, -0.25) is 14.9 Å². The maximum absolute atomic E-state index is 11.8. The third kappa shape index (κ3) is 4.89. The zero-order chi connectivity index (χ0) is 13.4. The van der Waals surface area contributed by atoms with Gasteiger partial charge in [-0.15, -0.1) is 0 Å². The van der Waals surface area contributed by atoms with Gasteiger partial charge in [0.05, 0.1) is 6.54 Å². The van der Waals surface area contributed by atoms with Gasteiger partial charge in [0.2, 0.25) is 0 Å². The van der Waals surface area contributed by atoms with E-state index in [1.807, 2.05) is 12.3 Å². The SMILES string of the molecule is CSCC[C@H](NCC(=O)c1ccccc1)C(=O)O. The summed E-state index contributed by atoms with van der Waals surface area (Å²) in [6.07, 6.45) is 2.44. The molecule has 0 amide bonds. The second-order valence-electron chi connectivity index (χ2n) is 3.84. The third-order valence-electron chi connectivity index (χ3n) is 2.51. The van der Waals surface area contributed by atoms with Crippen LogP contribution in [0.15, 0.2) is 30.3 Å². The van der Waals surface area contributed by atoms with Gasteiger partial charge in [0, 0.05) is 5.56 Å². The quantitative estimate of drug-likeness (QED) is 0.701. The molecule has 0 heterocycles. The highest BCUT2D eigenvalue weighted by Gasteiger charge is 2.17. The van der Waals surface area contributed by atoms with Gasteiger partial charge in [0.25, 0.3) is 0 Å². The molecule has 0 saturated heterocycles. The summed E-state index contributed by atoms with van der Waals surface area (Å²) < 4.78 is 0. The van der Waals surface area contributed by atoms with Crippen molar-refractivity contribution in [1.29, 1.82) is 0 Å². The Kier molecular flexibility index (Phi) is 6.46. The minimum Gasteiger partial charge on any atom is -0.480 e. The molecule has 4 nitrogen and oxygen atoms in total. The topological polar surface area (TPSA) is 66.4 Å². The van der Waals surface area contributed by atoms with E-state index < -0.39 is 12.0 Å². The standard InChI is InChI=1S/C13H17NO3S/c1-18-8-7-11(13(16)17)14-9-12(15)10-5-3-2-4-6-10/h2-6,11,14H,7-9H2,1H3,(H,16,17)/t11-/m0/s1. The van der Waals surface area contributed by atoms with Gasteiger partial charge in [-0.05, 0) is 18.4 Å². The fourth-order valence-electron chi connectivity index (χ4n) is 1.49. The summed E-state index contributed by atoms with van der Waals surface area (Å²) in [5.74, 6) is -0.250. The van der Waals surface area contributed by atoms with Crippen LogP contribution in [0.1, 0.15) is 16.8 Å². The van der Waals surface area contributed by atoms with E-state index in [4.69, 9.17) is 5.11 Å². The Hall–Kier alpha value is -1.33. The van der Waals surface area contributed by atoms with Crippen molar-refractivity contribution in [3.8, 4) is 0 Å². The molecule has 0 spiro atoms. The lowest BCUT2D eigenvalue weighted by Gasteiger charge is -2.13. The molecular weight excluding hydrogens is 250 g/mol. The molecule has 0 aliphatic heterocycles. The summed E-state index contributed by atoms with van der Waals surface area (Å²) in [6.45, 7) is 0.0510. The van der Waals surface area contributed by atoms with Gasteiger partial charge in [-0.1, -0.05) is 30.3 Å². The summed E-state index contributed by atoms with van der Waals surface area (Å²) in [6, 6.07) is 8.20. The number of rotatable bonds is 8. The number of benzene rings is 1. The number of thioether (sulfide) groups is 1. The van der Waals surface area contributed by atoms with Crippen LogP contribution in [-0.2, 0) is 4.79 Å². The number of carbonyl (C=O) groups excluding carboxylic acids is 1. The van der Waals surface area contributed by atoms with E-state index in [2.05, 4.69) is 5.32 Å². The molecule has 98 valence electrons. The lowest BCUT2D eigenvalue weighted by atomic mass is 10.1. The summed E-state index contributed by atoms with van der Waals surface area (Å²) >= 11 is 1.59. The van der Waals surface area contributed by atoms with Gasteiger partial charge in [-0.25, -0.2) is 0 Å². The van der Waals surface area contributed by atoms with Crippen molar-refractivity contribution in [3.63, 3.8) is 0 Å². The van der Waals surface area contributed by atoms with Crippen LogP contribution in [0, 0.1) is 0 Å². The first kappa shape index (κ1) is 14.7. The highest BCUT2D eigenvalue weighted by atomic mass is 32.2. The monoisotopic (exact) mass is 267 g/mol. The predicted octanol–water partition coefficient (Wildman–Crippen LogP) is 1.67. The minimum absolute atomic E-state index is 0.0510. The number of carbonyl (C=O) groups is 2. The average molecular weight is 267 g/mol. The molecule has 0 unspecified atom stereocenters. The number of carboxylic acid groups (broad SMARTS) is 1. The van der Waals surface area contributed by atoms with Crippen LogP contribution in [-0.4, -0.2) is 41.5 Å². The minimum atomic E-state index is -0.912. The number of hydrogen-bond donors (Lipinski definition) is 2. The smallest absolute Gasteiger partial charge is 0.320 e. The van der Waals surface area contributed by atoms with E-state index in [1.54, 1.807) is 36.0 Å². The van der Waals surface area contributed by atoms with Gasteiger partial charge < -0.3 is 5.11 Å². The van der Waals surface area contributed by atoms with E-state index in [0.717, 1.165) is 5.75 Å². The van der Waals surface area contributed by atoms with E-state index in [0.29, 0.717) is 12.0 Å². The van der Waals surface area contributed by atoms with E-state index in [-0.39, 0.29) is 12.3 Å². The molecule has 0 aliphatic carbocycles. The molecule has 0 aliphatic rings. The fourth-order valence-corrected chi connectivity index (χ4v) is 1.96. The van der Waals surface area contributed by atoms with Crippen molar-refractivity contribution in [2.24, 2.45) is 0 Å². The highest BCUT2D eigenvalue weighted by molar-refractivity contribution is 7.98. The Balaban J connectivity index is 2.47. The summed E-state index contributed by atoms with van der Waals surface area (Å²) in [7, 11) is 0. The number of carboxylic acids is 1. The molecule has 5 heteroatoms. The van der Waals surface area contributed by atoms with Crippen LogP contribution in [0.3, 0.4) is 0 Å². The Labute approximate surface area is 111 Å². The normalized spacial score (nSPS) is 12.1. The molecule has 0 aromatic heterocycles. The number of Topliss-reactive ketones (excluding diaryl/α,β-unsaturated/α-hetero) is 1. The van der Waals surface area contributed by atoms with Crippen molar-refractivity contribution in [2.75, 3.05) is 18.6 Å². The second-order valence-corrected chi connectivity index (χ2v) is 4.83. The first-order valence-corrected chi connectivity index (χ1v) is 7.08. The van der Waals surface area contributed by atoms with Crippen LogP contribution in [0.2, 0.25) is 0 Å². The van der Waals surface area contributed by atoms with Crippen LogP contribution < -0.4 is 5.32 Å². The van der Waals surface area contributed by atoms with Gasteiger partial charge in [-0.2, -0.15) is 11.8 Å². The van der Waals surface area contributed by atoms with Crippen molar-refractivity contribution in [2.45, 2.75) is 12.5 Å². The van der Waals surface area contributed by atoms with E-state index in [1.165, 1.54) is 0 Å². The highest BCUT2D eigenvalue weighted by Crippen LogP contribution is 2.03. The fraction of sp³-hybridized carbons (Fsp3) is 0.385. The van der Waals surface area contributed by atoms with Gasteiger partial charge >= 0.3 is 5.97 Å². The Morgan fingerprint density at radius 1 is 1.33 bits per heavy atom. The first-order chi connectivity index (χ1) is 8.65. The van der Waals surface area contributed by atoms with E-state index in [9.17, 15) is 9.59 Å².